The van der Waals surface area contributed by atoms with E-state index in [-0.39, 0.29) is 6.61 Å². The second-order valence-corrected chi connectivity index (χ2v) is 3.12. The molecule has 0 fully saturated rings. The summed E-state index contributed by atoms with van der Waals surface area (Å²) >= 11 is 0. The highest BCUT2D eigenvalue weighted by Crippen LogP contribution is 2.09. The van der Waals surface area contributed by atoms with Gasteiger partial charge in [0.2, 0.25) is 0 Å². The fourth-order valence-electron chi connectivity index (χ4n) is 1.13. The Labute approximate surface area is 75.8 Å². The molecule has 0 heterocycles. The van der Waals surface area contributed by atoms with Crippen LogP contribution in [0.4, 0.5) is 0 Å². The molecule has 0 radical (unpaired) electrons. The predicted molar refractivity (Wildman–Crippen MR) is 54.1 cm³/mol. The summed E-state index contributed by atoms with van der Waals surface area (Å²) in [6, 6.07) is 0. The van der Waals surface area contributed by atoms with E-state index in [9.17, 15) is 0 Å². The third-order valence-electron chi connectivity index (χ3n) is 1.92. The summed E-state index contributed by atoms with van der Waals surface area (Å²) in [6.07, 6.45) is 9.85. The average Bonchev–Trinajstić information content (AvgIpc) is 2.05. The molecule has 0 rings (SSSR count). The normalized spacial score (nSPS) is 11.7. The molecular weight excluding hydrogens is 148 g/mol. The summed E-state index contributed by atoms with van der Waals surface area (Å²) in [5, 5.41) is 8.59. The highest BCUT2D eigenvalue weighted by Gasteiger charge is 1.90. The van der Waals surface area contributed by atoms with Gasteiger partial charge in [-0.3, -0.25) is 0 Å². The monoisotopic (exact) mass is 168 g/mol. The summed E-state index contributed by atoms with van der Waals surface area (Å²) in [5.41, 5.74) is 1.30. The molecule has 0 saturated carbocycles. The first-order valence-corrected chi connectivity index (χ1v) is 4.68. The summed E-state index contributed by atoms with van der Waals surface area (Å²) < 4.78 is 0. The first-order valence-electron chi connectivity index (χ1n) is 4.68. The molecule has 0 aromatic rings. The molecule has 0 saturated heterocycles. The van der Waals surface area contributed by atoms with Gasteiger partial charge in [0.05, 0.1) is 6.61 Å². The Balaban J connectivity index is 3.19. The van der Waals surface area contributed by atoms with Gasteiger partial charge in [0.25, 0.3) is 0 Å². The van der Waals surface area contributed by atoms with Crippen LogP contribution in [0.25, 0.3) is 0 Å². The second-order valence-electron chi connectivity index (χ2n) is 3.12. The number of aliphatic hydroxyl groups excluding tert-OH is 1. The van der Waals surface area contributed by atoms with E-state index in [4.69, 9.17) is 5.11 Å². The number of aliphatic hydroxyl groups is 1. The van der Waals surface area contributed by atoms with Crippen molar-refractivity contribution in [3.05, 3.63) is 24.3 Å². The Morgan fingerprint density at radius 2 is 2.08 bits per heavy atom. The topological polar surface area (TPSA) is 20.2 Å². The smallest absolute Gasteiger partial charge is 0.0614 e. The Hall–Kier alpha value is -0.560. The standard InChI is InChI=1S/C11H20O/c1-3-4-5-6-7-8-11(2)9-10-12/h3,9,12H,1,4-8,10H2,2H3/b11-9+. The molecule has 0 amide bonds. The number of hydrogen-bond donors (Lipinski definition) is 1. The summed E-state index contributed by atoms with van der Waals surface area (Å²) in [6.45, 7) is 5.93. The quantitative estimate of drug-likeness (QED) is 0.457. The van der Waals surface area contributed by atoms with Crippen molar-refractivity contribution in [3.8, 4) is 0 Å². The number of hydrogen-bond acceptors (Lipinski definition) is 1. The minimum Gasteiger partial charge on any atom is -0.392 e. The van der Waals surface area contributed by atoms with Crippen LogP contribution in [-0.2, 0) is 0 Å². The highest BCUT2D eigenvalue weighted by atomic mass is 16.2. The number of unbranched alkanes of at least 4 members (excludes halogenated alkanes) is 3. The maximum atomic E-state index is 8.59. The van der Waals surface area contributed by atoms with Crippen LogP contribution in [0.2, 0.25) is 0 Å². The van der Waals surface area contributed by atoms with Crippen LogP contribution in [0, 0.1) is 0 Å². The molecule has 1 nitrogen and oxygen atoms in total. The Morgan fingerprint density at radius 1 is 1.33 bits per heavy atom. The third kappa shape index (κ3) is 7.55. The first-order chi connectivity index (χ1) is 5.81. The van der Waals surface area contributed by atoms with Crippen LogP contribution in [-0.4, -0.2) is 11.7 Å². The molecule has 0 aliphatic rings. The van der Waals surface area contributed by atoms with Gasteiger partial charge >= 0.3 is 0 Å². The van der Waals surface area contributed by atoms with Crippen LogP contribution in [0.15, 0.2) is 24.3 Å². The molecule has 0 spiro atoms. The summed E-state index contributed by atoms with van der Waals surface area (Å²) in [5.74, 6) is 0. The van der Waals surface area contributed by atoms with Gasteiger partial charge in [-0.15, -0.1) is 6.58 Å². The average molecular weight is 168 g/mol. The fraction of sp³-hybridized carbons (Fsp3) is 0.636. The van der Waals surface area contributed by atoms with Gasteiger partial charge in [0.1, 0.15) is 0 Å². The Morgan fingerprint density at radius 3 is 2.67 bits per heavy atom. The molecule has 0 bridgehead atoms. The van der Waals surface area contributed by atoms with Gasteiger partial charge in [0, 0.05) is 0 Å². The van der Waals surface area contributed by atoms with Crippen molar-refractivity contribution in [3.63, 3.8) is 0 Å². The van der Waals surface area contributed by atoms with Crippen molar-refractivity contribution in [1.29, 1.82) is 0 Å². The van der Waals surface area contributed by atoms with Crippen LogP contribution >= 0.6 is 0 Å². The SMILES string of the molecule is C=CCCCCC/C(C)=C/CO. The molecule has 70 valence electrons. The van der Waals surface area contributed by atoms with E-state index in [0.29, 0.717) is 0 Å². The molecule has 0 aromatic carbocycles. The van der Waals surface area contributed by atoms with E-state index in [2.05, 4.69) is 13.5 Å². The molecule has 1 N–H and O–H groups in total. The van der Waals surface area contributed by atoms with Gasteiger partial charge in [-0.25, -0.2) is 0 Å². The van der Waals surface area contributed by atoms with Crippen LogP contribution in [0.3, 0.4) is 0 Å². The molecule has 0 aromatic heterocycles. The minimum atomic E-state index is 0.179. The fourth-order valence-corrected chi connectivity index (χ4v) is 1.13. The third-order valence-corrected chi connectivity index (χ3v) is 1.92. The second kappa shape index (κ2) is 8.54. The van der Waals surface area contributed by atoms with Crippen LogP contribution in [0.5, 0.6) is 0 Å². The van der Waals surface area contributed by atoms with Crippen LogP contribution < -0.4 is 0 Å². The lowest BCUT2D eigenvalue weighted by molar-refractivity contribution is 0.341. The molecular formula is C11H20O. The van der Waals surface area contributed by atoms with Gasteiger partial charge in [0.15, 0.2) is 0 Å². The van der Waals surface area contributed by atoms with E-state index < -0.39 is 0 Å². The van der Waals surface area contributed by atoms with Gasteiger partial charge in [-0.1, -0.05) is 24.1 Å². The van der Waals surface area contributed by atoms with Crippen molar-refractivity contribution in [2.24, 2.45) is 0 Å². The van der Waals surface area contributed by atoms with E-state index in [0.717, 1.165) is 12.8 Å². The van der Waals surface area contributed by atoms with Crippen molar-refractivity contribution < 1.29 is 5.11 Å². The van der Waals surface area contributed by atoms with E-state index in [1.54, 1.807) is 0 Å². The minimum absolute atomic E-state index is 0.179. The lowest BCUT2D eigenvalue weighted by Gasteiger charge is -1.99. The molecule has 1 heteroatoms. The zero-order valence-electron chi connectivity index (χ0n) is 8.05. The molecule has 0 aliphatic carbocycles. The van der Waals surface area contributed by atoms with Gasteiger partial charge in [-0.2, -0.15) is 0 Å². The van der Waals surface area contributed by atoms with Crippen molar-refractivity contribution in [2.75, 3.05) is 6.61 Å². The largest absolute Gasteiger partial charge is 0.392 e. The van der Waals surface area contributed by atoms with E-state index in [1.165, 1.54) is 24.8 Å². The Bertz CT molecular complexity index is 136. The molecule has 0 atom stereocenters. The molecule has 0 unspecified atom stereocenters. The highest BCUT2D eigenvalue weighted by molar-refractivity contribution is 4.97. The maximum absolute atomic E-state index is 8.59. The summed E-state index contributed by atoms with van der Waals surface area (Å²) in [4.78, 5) is 0. The number of allylic oxidation sites excluding steroid dienone is 2. The zero-order chi connectivity index (χ0) is 9.23. The van der Waals surface area contributed by atoms with E-state index >= 15 is 0 Å². The zero-order valence-corrected chi connectivity index (χ0v) is 8.05. The van der Waals surface area contributed by atoms with Crippen molar-refractivity contribution >= 4 is 0 Å². The predicted octanol–water partition coefficient (Wildman–Crippen LogP) is 3.06. The van der Waals surface area contributed by atoms with Crippen molar-refractivity contribution in [2.45, 2.75) is 39.0 Å². The Kier molecular flexibility index (Phi) is 8.14. The van der Waals surface area contributed by atoms with Crippen molar-refractivity contribution in [1.82, 2.24) is 0 Å². The van der Waals surface area contributed by atoms with Gasteiger partial charge in [-0.05, 0) is 32.6 Å². The van der Waals surface area contributed by atoms with Gasteiger partial charge < -0.3 is 5.11 Å². The lowest BCUT2D eigenvalue weighted by atomic mass is 10.1. The summed E-state index contributed by atoms with van der Waals surface area (Å²) in [7, 11) is 0. The first kappa shape index (κ1) is 11.4. The lowest BCUT2D eigenvalue weighted by Crippen LogP contribution is -1.82. The van der Waals surface area contributed by atoms with Crippen LogP contribution in [0.1, 0.15) is 39.0 Å². The molecule has 0 aliphatic heterocycles. The maximum Gasteiger partial charge on any atom is 0.0614 e. The van der Waals surface area contributed by atoms with E-state index in [1.807, 2.05) is 12.2 Å². The molecule has 12 heavy (non-hydrogen) atoms. The number of rotatable bonds is 7.